The SMILES string of the molecule is COC(=O)c1c(-c2cc(OC)c(OC)c(OC)c2)c2ccc(OCc3ccccn3)cc2c(=O)n1-c1ccc(N)cc1.CS(=O)(=O)O.CS(=O)(=O)O. The van der Waals surface area contributed by atoms with E-state index in [-0.39, 0.29) is 12.3 Å². The van der Waals surface area contributed by atoms with E-state index in [1.54, 1.807) is 60.8 Å². The number of hydrogen-bond acceptors (Lipinski definition) is 13. The normalized spacial score (nSPS) is 10.9. The number of anilines is 1. The molecule has 0 bridgehead atoms. The molecule has 0 saturated carbocycles. The molecule has 3 aromatic carbocycles. The maximum atomic E-state index is 14.2. The number of nitrogens with two attached hydrogens (primary N) is 1. The van der Waals surface area contributed by atoms with E-state index in [1.165, 1.54) is 33.0 Å². The number of benzene rings is 3. The van der Waals surface area contributed by atoms with E-state index in [0.29, 0.717) is 68.8 Å². The van der Waals surface area contributed by atoms with Crippen molar-refractivity contribution in [2.45, 2.75) is 6.61 Å². The molecule has 0 aliphatic rings. The van der Waals surface area contributed by atoms with Crippen LogP contribution in [0.4, 0.5) is 5.69 Å². The first-order valence-corrected chi connectivity index (χ1v) is 18.4. The third-order valence-electron chi connectivity index (χ3n) is 6.75. The Kier molecular flexibility index (Phi) is 13.7. The van der Waals surface area contributed by atoms with Crippen molar-refractivity contribution in [3.63, 3.8) is 0 Å². The average Bonchev–Trinajstić information content (AvgIpc) is 3.09. The first-order valence-electron chi connectivity index (χ1n) is 14.7. The highest BCUT2D eigenvalue weighted by Gasteiger charge is 2.27. The number of pyridine rings is 2. The van der Waals surface area contributed by atoms with Crippen molar-refractivity contribution in [1.82, 2.24) is 9.55 Å². The zero-order valence-corrected chi connectivity index (χ0v) is 30.5. The van der Waals surface area contributed by atoms with Gasteiger partial charge in [-0.1, -0.05) is 6.07 Å². The van der Waals surface area contributed by atoms with Crippen LogP contribution in [-0.4, -0.2) is 82.4 Å². The van der Waals surface area contributed by atoms with Crippen molar-refractivity contribution in [1.29, 1.82) is 0 Å². The Balaban J connectivity index is 0.000000644. The Labute approximate surface area is 299 Å². The van der Waals surface area contributed by atoms with E-state index in [9.17, 15) is 26.4 Å². The van der Waals surface area contributed by atoms with Crippen molar-refractivity contribution in [2.24, 2.45) is 0 Å². The summed E-state index contributed by atoms with van der Waals surface area (Å²) in [6, 6.07) is 20.7. The third kappa shape index (κ3) is 11.2. The summed E-state index contributed by atoms with van der Waals surface area (Å²) in [5.74, 6) is 0.860. The molecule has 0 aliphatic carbocycles. The molecule has 18 heteroatoms. The first kappa shape index (κ1) is 40.7. The van der Waals surface area contributed by atoms with Gasteiger partial charge in [0.1, 0.15) is 18.1 Å². The maximum absolute atomic E-state index is 14.2. The lowest BCUT2D eigenvalue weighted by Crippen LogP contribution is -2.27. The largest absolute Gasteiger partial charge is 0.493 e. The summed E-state index contributed by atoms with van der Waals surface area (Å²) in [6.45, 7) is 0.207. The van der Waals surface area contributed by atoms with Gasteiger partial charge in [0.2, 0.25) is 5.75 Å². The van der Waals surface area contributed by atoms with Gasteiger partial charge in [0.05, 0.1) is 52.0 Å². The Morgan fingerprint density at radius 3 is 1.87 bits per heavy atom. The molecular weight excluding hydrogens is 723 g/mol. The number of nitrogens with zero attached hydrogens (tertiary/aromatic N) is 2. The smallest absolute Gasteiger partial charge is 0.355 e. The van der Waals surface area contributed by atoms with E-state index in [0.717, 1.165) is 5.69 Å². The van der Waals surface area contributed by atoms with Crippen molar-refractivity contribution >= 4 is 42.7 Å². The highest BCUT2D eigenvalue weighted by Crippen LogP contribution is 2.44. The molecule has 16 nitrogen and oxygen atoms in total. The van der Waals surface area contributed by atoms with Gasteiger partial charge in [-0.15, -0.1) is 0 Å². The molecule has 52 heavy (non-hydrogen) atoms. The summed E-state index contributed by atoms with van der Waals surface area (Å²) in [4.78, 5) is 32.0. The van der Waals surface area contributed by atoms with Crippen LogP contribution in [0.5, 0.6) is 23.0 Å². The van der Waals surface area contributed by atoms with Crippen LogP contribution in [0.1, 0.15) is 16.2 Å². The van der Waals surface area contributed by atoms with Gasteiger partial charge >= 0.3 is 5.97 Å². The van der Waals surface area contributed by atoms with Crippen molar-refractivity contribution in [3.8, 4) is 39.8 Å². The second-order valence-corrected chi connectivity index (χ2v) is 13.6. The molecular formula is C34H37N3O13S2. The average molecular weight is 760 g/mol. The number of nitrogen functional groups attached to an aromatic ring is 1. The number of fused-ring (bicyclic) bond motifs is 1. The summed E-state index contributed by atoms with van der Waals surface area (Å²) in [5.41, 5.74) is 8.10. The first-order chi connectivity index (χ1) is 24.4. The summed E-state index contributed by atoms with van der Waals surface area (Å²) in [6.07, 6.45) is 3.11. The van der Waals surface area contributed by atoms with E-state index in [4.69, 9.17) is 38.5 Å². The number of aromatic nitrogens is 2. The van der Waals surface area contributed by atoms with E-state index < -0.39 is 31.8 Å². The maximum Gasteiger partial charge on any atom is 0.355 e. The van der Waals surface area contributed by atoms with Crippen LogP contribution in [-0.2, 0) is 31.6 Å². The van der Waals surface area contributed by atoms with Crippen molar-refractivity contribution in [2.75, 3.05) is 46.7 Å². The molecule has 0 amide bonds. The van der Waals surface area contributed by atoms with Gasteiger partial charge in [0.25, 0.3) is 25.8 Å². The van der Waals surface area contributed by atoms with Gasteiger partial charge in [-0.25, -0.2) is 4.79 Å². The predicted octanol–water partition coefficient (Wildman–Crippen LogP) is 4.03. The fourth-order valence-electron chi connectivity index (χ4n) is 4.79. The fraction of sp³-hybridized carbons (Fsp3) is 0.206. The van der Waals surface area contributed by atoms with Gasteiger partial charge in [0.15, 0.2) is 11.5 Å². The second-order valence-electron chi connectivity index (χ2n) is 10.6. The lowest BCUT2D eigenvalue weighted by atomic mass is 9.95. The topological polar surface area (TPSA) is 233 Å². The number of hydrogen-bond donors (Lipinski definition) is 3. The monoisotopic (exact) mass is 759 g/mol. The van der Waals surface area contributed by atoms with E-state index >= 15 is 0 Å². The predicted molar refractivity (Wildman–Crippen MR) is 194 cm³/mol. The van der Waals surface area contributed by atoms with Gasteiger partial charge in [-0.3, -0.25) is 23.5 Å². The summed E-state index contributed by atoms with van der Waals surface area (Å²) < 4.78 is 81.0. The van der Waals surface area contributed by atoms with E-state index in [1.807, 2.05) is 18.2 Å². The molecule has 0 radical (unpaired) electrons. The van der Waals surface area contributed by atoms with Crippen LogP contribution in [0.15, 0.2) is 83.8 Å². The molecule has 5 aromatic rings. The van der Waals surface area contributed by atoms with Crippen LogP contribution in [0.25, 0.3) is 27.6 Å². The highest BCUT2D eigenvalue weighted by atomic mass is 32.2. The lowest BCUT2D eigenvalue weighted by Gasteiger charge is -2.21. The standard InChI is InChI=1S/C32H29N3O7.2CH4O3S/c1-38-26-15-19(16-27(39-2)30(26)40-3)28-24-13-12-23(42-18-21-7-5-6-14-34-21)17-25(24)31(36)35(29(28)32(37)41-4)22-10-8-20(33)9-11-22;2*1-5(2,3)4/h5-17H,18,33H2,1-4H3;2*1H3,(H,2,3,4). The Morgan fingerprint density at radius 1 is 0.808 bits per heavy atom. The molecule has 5 rings (SSSR count). The summed E-state index contributed by atoms with van der Waals surface area (Å²) in [7, 11) is -1.57. The van der Waals surface area contributed by atoms with Crippen LogP contribution in [0, 0.1) is 0 Å². The molecule has 0 spiro atoms. The minimum Gasteiger partial charge on any atom is -0.493 e. The summed E-state index contributed by atoms with van der Waals surface area (Å²) >= 11 is 0. The van der Waals surface area contributed by atoms with Gasteiger partial charge in [-0.05, 0) is 77.7 Å². The quantitative estimate of drug-likeness (QED) is 0.109. The summed E-state index contributed by atoms with van der Waals surface area (Å²) in [5, 5.41) is 0.799. The lowest BCUT2D eigenvalue weighted by molar-refractivity contribution is 0.0591. The van der Waals surface area contributed by atoms with Crippen LogP contribution in [0.2, 0.25) is 0 Å². The van der Waals surface area contributed by atoms with Gasteiger partial charge in [-0.2, -0.15) is 16.8 Å². The van der Waals surface area contributed by atoms with Gasteiger partial charge in [0, 0.05) is 23.1 Å². The van der Waals surface area contributed by atoms with Crippen molar-refractivity contribution in [3.05, 3.63) is 101 Å². The van der Waals surface area contributed by atoms with Crippen molar-refractivity contribution < 1.29 is 54.4 Å². The number of carbonyl (C=O) groups is 1. The molecule has 0 aliphatic heterocycles. The zero-order chi connectivity index (χ0) is 38.8. The molecule has 0 fully saturated rings. The van der Waals surface area contributed by atoms with E-state index in [2.05, 4.69) is 4.98 Å². The molecule has 2 heterocycles. The number of esters is 1. The Bertz CT molecular complexity index is 2240. The molecule has 2 aromatic heterocycles. The second kappa shape index (κ2) is 17.5. The molecule has 0 saturated heterocycles. The minimum absolute atomic E-state index is 0.0104. The highest BCUT2D eigenvalue weighted by molar-refractivity contribution is 7.85. The Hall–Kier alpha value is -5.69. The number of ether oxygens (including phenoxy) is 5. The van der Waals surface area contributed by atoms with Crippen LogP contribution < -0.4 is 30.2 Å². The number of rotatable bonds is 9. The number of carbonyl (C=O) groups excluding carboxylic acids is 1. The van der Waals surface area contributed by atoms with Crippen LogP contribution >= 0.6 is 0 Å². The molecule has 0 atom stereocenters. The Morgan fingerprint density at radius 2 is 1.38 bits per heavy atom. The fourth-order valence-corrected chi connectivity index (χ4v) is 4.79. The third-order valence-corrected chi connectivity index (χ3v) is 6.75. The minimum atomic E-state index is -3.67. The van der Waals surface area contributed by atoms with Crippen LogP contribution in [0.3, 0.4) is 0 Å². The molecule has 0 unspecified atom stereocenters. The molecule has 4 N–H and O–H groups in total. The van der Waals surface area contributed by atoms with Gasteiger partial charge < -0.3 is 29.4 Å². The molecule has 278 valence electrons. The zero-order valence-electron chi connectivity index (χ0n) is 28.9. The number of methoxy groups -OCH3 is 4.